The second-order valence-corrected chi connectivity index (χ2v) is 7.98. The van der Waals surface area contributed by atoms with Gasteiger partial charge in [-0.2, -0.15) is 0 Å². The van der Waals surface area contributed by atoms with E-state index >= 15 is 0 Å². The fraction of sp³-hybridized carbons (Fsp3) is 1.00. The number of nitrogens with one attached hydrogen (secondary N) is 1. The summed E-state index contributed by atoms with van der Waals surface area (Å²) in [6, 6.07) is -0.498. The molecule has 0 aliphatic carbocycles. The Bertz CT molecular complexity index is 386. The highest BCUT2D eigenvalue weighted by Gasteiger charge is 2.22. The van der Waals surface area contributed by atoms with Crippen LogP contribution in [0.2, 0.25) is 0 Å². The van der Waals surface area contributed by atoms with E-state index in [0.717, 1.165) is 6.26 Å². The summed E-state index contributed by atoms with van der Waals surface area (Å²) in [6.07, 6.45) is 0.854. The molecule has 0 aromatic rings. The first-order valence-corrected chi connectivity index (χ1v) is 8.07. The maximum atomic E-state index is 11.3. The first kappa shape index (κ1) is 14.8. The lowest BCUT2D eigenvalue weighted by Gasteiger charge is -2.18. The number of sulfone groups is 1. The van der Waals surface area contributed by atoms with Gasteiger partial charge in [0.25, 0.3) is 0 Å². The number of aliphatic hydroxyl groups is 1. The maximum absolute atomic E-state index is 11.3. The van der Waals surface area contributed by atoms with Crippen LogP contribution >= 0.6 is 0 Å². The molecular weight excluding hydrogens is 242 g/mol. The number of hydrogen-bond donors (Lipinski definition) is 2. The molecule has 0 aliphatic heterocycles. The fourth-order valence-electron chi connectivity index (χ4n) is 0.873. The first-order valence-electron chi connectivity index (χ1n) is 4.36. The van der Waals surface area contributed by atoms with E-state index in [4.69, 9.17) is 5.11 Å². The van der Waals surface area contributed by atoms with Gasteiger partial charge in [-0.15, -0.1) is 0 Å². The van der Waals surface area contributed by atoms with Crippen molar-refractivity contribution in [2.75, 3.05) is 17.9 Å². The molecule has 0 aromatic carbocycles. The van der Waals surface area contributed by atoms with Gasteiger partial charge in [0.2, 0.25) is 10.0 Å². The number of rotatable bonds is 6. The van der Waals surface area contributed by atoms with Crippen LogP contribution in [0.3, 0.4) is 0 Å². The molecule has 15 heavy (non-hydrogen) atoms. The molecule has 0 saturated carbocycles. The van der Waals surface area contributed by atoms with E-state index in [1.807, 2.05) is 0 Å². The van der Waals surface area contributed by atoms with E-state index < -0.39 is 31.0 Å². The molecule has 2 unspecified atom stereocenters. The second kappa shape index (κ2) is 5.24. The smallest absolute Gasteiger partial charge is 0.226 e. The molecule has 0 bridgehead atoms. The number of aliphatic hydroxyl groups excluding tert-OH is 1. The summed E-state index contributed by atoms with van der Waals surface area (Å²) in [6.45, 7) is 3.07. The first-order chi connectivity index (χ1) is 6.57. The molecule has 0 aliphatic rings. The van der Waals surface area contributed by atoms with Gasteiger partial charge in [0.1, 0.15) is 0 Å². The standard InChI is InChI=1S/C7H17NO5S2/c1-6(4-9)7(2)8-15(12,13)5-14(3,10)11/h6-9H,4-5H2,1-3H3. The molecule has 0 heterocycles. The van der Waals surface area contributed by atoms with Crippen molar-refractivity contribution in [1.29, 1.82) is 0 Å². The van der Waals surface area contributed by atoms with Gasteiger partial charge in [-0.25, -0.2) is 21.6 Å². The summed E-state index contributed by atoms with van der Waals surface area (Å²) in [5.41, 5.74) is 0. The Hall–Kier alpha value is -0.180. The summed E-state index contributed by atoms with van der Waals surface area (Å²) in [4.78, 5) is 0. The zero-order valence-electron chi connectivity index (χ0n) is 8.97. The number of sulfonamides is 1. The predicted molar refractivity (Wildman–Crippen MR) is 57.5 cm³/mol. The largest absolute Gasteiger partial charge is 0.396 e. The maximum Gasteiger partial charge on any atom is 0.226 e. The lowest BCUT2D eigenvalue weighted by molar-refractivity contribution is 0.216. The average molecular weight is 259 g/mol. The van der Waals surface area contributed by atoms with Crippen LogP contribution in [0, 0.1) is 5.92 Å². The van der Waals surface area contributed by atoms with Crippen LogP contribution in [-0.2, 0) is 19.9 Å². The van der Waals surface area contributed by atoms with Gasteiger partial charge < -0.3 is 5.11 Å². The zero-order chi connectivity index (χ0) is 12.3. The van der Waals surface area contributed by atoms with Gasteiger partial charge in [0.05, 0.1) is 0 Å². The van der Waals surface area contributed by atoms with Crippen LogP contribution in [-0.4, -0.2) is 45.9 Å². The molecule has 0 aromatic heterocycles. The van der Waals surface area contributed by atoms with Crippen LogP contribution in [0.1, 0.15) is 13.8 Å². The Kier molecular flexibility index (Phi) is 5.18. The molecule has 92 valence electrons. The Labute approximate surface area is 90.7 Å². The molecule has 8 heteroatoms. The van der Waals surface area contributed by atoms with E-state index in [9.17, 15) is 16.8 Å². The number of hydrogen-bond acceptors (Lipinski definition) is 5. The van der Waals surface area contributed by atoms with Crippen molar-refractivity contribution in [3.05, 3.63) is 0 Å². The monoisotopic (exact) mass is 259 g/mol. The molecule has 2 N–H and O–H groups in total. The van der Waals surface area contributed by atoms with Crippen LogP contribution in [0.5, 0.6) is 0 Å². The molecule has 0 fully saturated rings. The van der Waals surface area contributed by atoms with Crippen molar-refractivity contribution in [3.8, 4) is 0 Å². The highest BCUT2D eigenvalue weighted by molar-refractivity contribution is 8.06. The van der Waals surface area contributed by atoms with Crippen LogP contribution in [0.4, 0.5) is 0 Å². The highest BCUT2D eigenvalue weighted by Crippen LogP contribution is 2.03. The SMILES string of the molecule is CC(CO)C(C)NS(=O)(=O)CS(C)(=O)=O. The van der Waals surface area contributed by atoms with E-state index in [1.54, 1.807) is 13.8 Å². The summed E-state index contributed by atoms with van der Waals surface area (Å²) in [5.74, 6) is -0.265. The van der Waals surface area contributed by atoms with E-state index in [0.29, 0.717) is 0 Å². The lowest BCUT2D eigenvalue weighted by Crippen LogP contribution is -2.40. The Morgan fingerprint density at radius 1 is 1.20 bits per heavy atom. The van der Waals surface area contributed by atoms with Crippen molar-refractivity contribution >= 4 is 19.9 Å². The average Bonchev–Trinajstić information content (AvgIpc) is 1.96. The fourth-order valence-corrected chi connectivity index (χ4v) is 4.20. The minimum atomic E-state index is -3.84. The second-order valence-electron chi connectivity index (χ2n) is 3.72. The molecule has 0 rings (SSSR count). The molecule has 0 saturated heterocycles. The highest BCUT2D eigenvalue weighted by atomic mass is 32.3. The van der Waals surface area contributed by atoms with Crippen LogP contribution in [0.25, 0.3) is 0 Å². The zero-order valence-corrected chi connectivity index (χ0v) is 10.6. The summed E-state index contributed by atoms with van der Waals surface area (Å²) >= 11 is 0. The van der Waals surface area contributed by atoms with Gasteiger partial charge in [0, 0.05) is 18.9 Å². The normalized spacial score (nSPS) is 17.3. The van der Waals surface area contributed by atoms with Crippen molar-refractivity contribution in [3.63, 3.8) is 0 Å². The van der Waals surface area contributed by atoms with Gasteiger partial charge in [-0.05, 0) is 12.8 Å². The van der Waals surface area contributed by atoms with E-state index in [1.165, 1.54) is 0 Å². The molecular formula is C7H17NO5S2. The van der Waals surface area contributed by atoms with Crippen LogP contribution < -0.4 is 4.72 Å². The molecule has 0 spiro atoms. The lowest BCUT2D eigenvalue weighted by atomic mass is 10.1. The summed E-state index contributed by atoms with van der Waals surface area (Å²) in [5, 5.41) is 7.85. The minimum Gasteiger partial charge on any atom is -0.396 e. The third kappa shape index (κ3) is 6.82. The quantitative estimate of drug-likeness (QED) is 0.632. The van der Waals surface area contributed by atoms with Gasteiger partial charge in [0.15, 0.2) is 14.9 Å². The van der Waals surface area contributed by atoms with Crippen LogP contribution in [0.15, 0.2) is 0 Å². The minimum absolute atomic E-state index is 0.164. The van der Waals surface area contributed by atoms with E-state index in [2.05, 4.69) is 4.72 Å². The molecule has 0 radical (unpaired) electrons. The predicted octanol–water partition coefficient (Wildman–Crippen LogP) is -1.08. The molecule has 2 atom stereocenters. The van der Waals surface area contributed by atoms with Crippen molar-refractivity contribution < 1.29 is 21.9 Å². The van der Waals surface area contributed by atoms with Crippen molar-refractivity contribution in [2.24, 2.45) is 5.92 Å². The Morgan fingerprint density at radius 2 is 1.67 bits per heavy atom. The van der Waals surface area contributed by atoms with Gasteiger partial charge in [-0.3, -0.25) is 0 Å². The molecule has 0 amide bonds. The third-order valence-corrected chi connectivity index (χ3v) is 5.56. The third-order valence-electron chi connectivity index (χ3n) is 1.88. The van der Waals surface area contributed by atoms with Gasteiger partial charge >= 0.3 is 0 Å². The molecule has 6 nitrogen and oxygen atoms in total. The van der Waals surface area contributed by atoms with Gasteiger partial charge in [-0.1, -0.05) is 6.92 Å². The summed E-state index contributed by atoms with van der Waals surface area (Å²) < 4.78 is 46.4. The van der Waals surface area contributed by atoms with Crippen molar-refractivity contribution in [2.45, 2.75) is 19.9 Å². The Morgan fingerprint density at radius 3 is 2.00 bits per heavy atom. The summed E-state index contributed by atoms with van der Waals surface area (Å²) in [7, 11) is -7.42. The topological polar surface area (TPSA) is 101 Å². The van der Waals surface area contributed by atoms with E-state index in [-0.39, 0.29) is 12.5 Å². The van der Waals surface area contributed by atoms with Crippen molar-refractivity contribution in [1.82, 2.24) is 4.72 Å². The Balaban J connectivity index is 4.53.